The van der Waals surface area contributed by atoms with Crippen molar-refractivity contribution < 1.29 is 5.11 Å². The molecule has 202 valence electrons. The topological polar surface area (TPSA) is 70.3 Å². The van der Waals surface area contributed by atoms with Gasteiger partial charge in [-0.1, -0.05) is 76.1 Å². The van der Waals surface area contributed by atoms with Crippen LogP contribution in [0, 0.1) is 5.92 Å². The van der Waals surface area contributed by atoms with Gasteiger partial charge in [-0.15, -0.1) is 37.2 Å². The van der Waals surface area contributed by atoms with E-state index in [2.05, 4.69) is 61.7 Å². The summed E-state index contributed by atoms with van der Waals surface area (Å²) < 4.78 is 0. The van der Waals surface area contributed by atoms with Gasteiger partial charge in [0.2, 0.25) is 0 Å². The van der Waals surface area contributed by atoms with Crippen molar-refractivity contribution in [3.05, 3.63) is 65.7 Å². The number of nitrogens with two attached hydrogens (primary N) is 1. The van der Waals surface area contributed by atoms with Crippen LogP contribution in [-0.2, 0) is 12.8 Å². The minimum absolute atomic E-state index is 0. The Hall–Kier alpha value is -1.01. The Labute approximate surface area is 232 Å². The summed E-state index contributed by atoms with van der Waals surface area (Å²) in [6.45, 7) is 8.56. The summed E-state index contributed by atoms with van der Waals surface area (Å²) in [5, 5.41) is 17.2. The van der Waals surface area contributed by atoms with Gasteiger partial charge in [-0.2, -0.15) is 0 Å². The second-order valence-electron chi connectivity index (χ2n) is 9.64. The molecule has 0 spiro atoms. The number of nitrogens with one attached hydrogen (secondary N) is 2. The Bertz CT molecular complexity index is 732. The van der Waals surface area contributed by atoms with Gasteiger partial charge in [0, 0.05) is 31.2 Å². The first-order chi connectivity index (χ1) is 15.5. The number of rotatable bonds is 16. The highest BCUT2D eigenvalue weighted by Crippen LogP contribution is 2.14. The number of phenolic OH excluding ortho intramolecular Hbond substituents is 1. The van der Waals surface area contributed by atoms with E-state index in [1.807, 2.05) is 12.1 Å². The van der Waals surface area contributed by atoms with Crippen LogP contribution in [0.25, 0.3) is 0 Å². The normalized spacial score (nSPS) is 13.2. The van der Waals surface area contributed by atoms with E-state index in [0.29, 0.717) is 23.8 Å². The van der Waals surface area contributed by atoms with Crippen molar-refractivity contribution in [3.8, 4) is 5.75 Å². The zero-order valence-corrected chi connectivity index (χ0v) is 24.1. The average Bonchev–Trinajstić information content (AvgIpc) is 2.79. The Balaban J connectivity index is 0. The predicted molar refractivity (Wildman–Crippen MR) is 159 cm³/mol. The van der Waals surface area contributed by atoms with Gasteiger partial charge in [0.25, 0.3) is 0 Å². The smallest absolute Gasteiger partial charge is 0.115 e. The van der Waals surface area contributed by atoms with Gasteiger partial charge in [0.05, 0.1) is 0 Å². The van der Waals surface area contributed by atoms with Gasteiger partial charge in [0.1, 0.15) is 5.75 Å². The third-order valence-corrected chi connectivity index (χ3v) is 6.05. The quantitative estimate of drug-likeness (QED) is 0.198. The average molecular weight is 549 g/mol. The van der Waals surface area contributed by atoms with Gasteiger partial charge >= 0.3 is 0 Å². The van der Waals surface area contributed by atoms with Crippen molar-refractivity contribution in [2.45, 2.75) is 83.8 Å². The monoisotopic (exact) mass is 547 g/mol. The van der Waals surface area contributed by atoms with Crippen LogP contribution < -0.4 is 16.4 Å². The van der Waals surface area contributed by atoms with Crippen LogP contribution in [0.5, 0.6) is 5.75 Å². The summed E-state index contributed by atoms with van der Waals surface area (Å²) in [6, 6.07) is 19.3. The van der Waals surface area contributed by atoms with Crippen molar-refractivity contribution in [1.82, 2.24) is 10.6 Å². The van der Waals surface area contributed by atoms with Crippen molar-refractivity contribution >= 4 is 37.2 Å². The fraction of sp³-hybridized carbons (Fsp3) is 0.571. The van der Waals surface area contributed by atoms with Crippen LogP contribution in [-0.4, -0.2) is 36.3 Å². The highest BCUT2D eigenvalue weighted by Gasteiger charge is 2.16. The van der Waals surface area contributed by atoms with Crippen molar-refractivity contribution in [2.24, 2.45) is 11.7 Å². The fourth-order valence-electron chi connectivity index (χ4n) is 4.19. The molecule has 35 heavy (non-hydrogen) atoms. The lowest BCUT2D eigenvalue weighted by atomic mass is 9.96. The first kappa shape index (κ1) is 36.1. The standard InChI is InChI=1S/C28H45N3O.3ClH/c1-4-5-11-25(29)20-30-27(19-24-13-16-28(32)17-14-24)21-31-26(18-22(2)3)15-12-23-9-7-6-8-10-23;;;/h6-10,13-14,16-17,22,25-27,30-32H,4-5,11-12,15,18-21,29H2,1-3H3;3*1H/t25-,26-,27-;;;/m1.../s1. The summed E-state index contributed by atoms with van der Waals surface area (Å²) in [5.74, 6) is 0.977. The van der Waals surface area contributed by atoms with E-state index < -0.39 is 0 Å². The molecule has 0 heterocycles. The molecule has 0 unspecified atom stereocenters. The number of hydrogen-bond acceptors (Lipinski definition) is 4. The summed E-state index contributed by atoms with van der Waals surface area (Å²) >= 11 is 0. The molecule has 0 aliphatic heterocycles. The van der Waals surface area contributed by atoms with Crippen LogP contribution >= 0.6 is 37.2 Å². The Kier molecular flexibility index (Phi) is 21.8. The Morgan fingerprint density at radius 3 is 2.03 bits per heavy atom. The second-order valence-corrected chi connectivity index (χ2v) is 9.64. The van der Waals surface area contributed by atoms with Crippen LogP contribution in [0.2, 0.25) is 0 Å². The molecule has 2 aromatic rings. The molecule has 2 aromatic carbocycles. The van der Waals surface area contributed by atoms with Gasteiger partial charge < -0.3 is 21.5 Å². The third kappa shape index (κ3) is 16.4. The van der Waals surface area contributed by atoms with Crippen LogP contribution in [0.3, 0.4) is 0 Å². The SMILES string of the molecule is CCCC[C@@H](N)CN[C@@H](CN[C@H](CCc1ccccc1)CC(C)C)Cc1ccc(O)cc1.Cl.Cl.Cl. The third-order valence-electron chi connectivity index (χ3n) is 6.05. The van der Waals surface area contributed by atoms with Crippen molar-refractivity contribution in [3.63, 3.8) is 0 Å². The van der Waals surface area contributed by atoms with E-state index in [4.69, 9.17) is 5.73 Å². The summed E-state index contributed by atoms with van der Waals surface area (Å²) in [5.41, 5.74) is 8.98. The molecule has 0 aromatic heterocycles. The zero-order valence-electron chi connectivity index (χ0n) is 21.6. The maximum Gasteiger partial charge on any atom is 0.115 e. The Morgan fingerprint density at radius 1 is 0.800 bits per heavy atom. The summed E-state index contributed by atoms with van der Waals surface area (Å²) in [7, 11) is 0. The van der Waals surface area contributed by atoms with Crippen LogP contribution in [0.4, 0.5) is 0 Å². The van der Waals surface area contributed by atoms with E-state index in [-0.39, 0.29) is 43.3 Å². The summed E-state index contributed by atoms with van der Waals surface area (Å²) in [4.78, 5) is 0. The van der Waals surface area contributed by atoms with E-state index in [1.54, 1.807) is 12.1 Å². The van der Waals surface area contributed by atoms with Crippen molar-refractivity contribution in [1.29, 1.82) is 0 Å². The van der Waals surface area contributed by atoms with E-state index >= 15 is 0 Å². The highest BCUT2D eigenvalue weighted by atomic mass is 35.5. The Morgan fingerprint density at radius 2 is 1.43 bits per heavy atom. The van der Waals surface area contributed by atoms with Gasteiger partial charge in [-0.3, -0.25) is 0 Å². The molecule has 7 heteroatoms. The maximum atomic E-state index is 9.62. The molecule has 0 radical (unpaired) electrons. The summed E-state index contributed by atoms with van der Waals surface area (Å²) in [6.07, 6.45) is 7.77. The first-order valence-electron chi connectivity index (χ1n) is 12.5. The molecule has 0 bridgehead atoms. The number of benzene rings is 2. The molecule has 2 rings (SSSR count). The molecule has 0 aliphatic carbocycles. The molecular formula is C28H48Cl3N3O. The molecule has 5 N–H and O–H groups in total. The van der Waals surface area contributed by atoms with E-state index in [1.165, 1.54) is 30.4 Å². The molecule has 0 saturated carbocycles. The minimum atomic E-state index is 0. The number of aromatic hydroxyl groups is 1. The molecule has 0 amide bonds. The zero-order chi connectivity index (χ0) is 23.2. The van der Waals surface area contributed by atoms with Gasteiger partial charge in [-0.05, 0) is 61.3 Å². The lowest BCUT2D eigenvalue weighted by Gasteiger charge is -2.26. The van der Waals surface area contributed by atoms with Gasteiger partial charge in [-0.25, -0.2) is 0 Å². The minimum Gasteiger partial charge on any atom is -0.508 e. The van der Waals surface area contributed by atoms with Crippen LogP contribution in [0.1, 0.15) is 64.0 Å². The number of unbranched alkanes of at least 4 members (excludes halogenated alkanes) is 1. The van der Waals surface area contributed by atoms with E-state index in [9.17, 15) is 5.11 Å². The highest BCUT2D eigenvalue weighted by molar-refractivity contribution is 5.86. The number of phenols is 1. The fourth-order valence-corrected chi connectivity index (χ4v) is 4.19. The second kappa shape index (κ2) is 21.1. The first-order valence-corrected chi connectivity index (χ1v) is 12.5. The number of hydrogen-bond donors (Lipinski definition) is 4. The maximum absolute atomic E-state index is 9.62. The molecule has 4 nitrogen and oxygen atoms in total. The number of halogens is 3. The van der Waals surface area contributed by atoms with E-state index in [0.717, 1.165) is 38.8 Å². The lowest BCUT2D eigenvalue weighted by Crippen LogP contribution is -2.47. The van der Waals surface area contributed by atoms with Crippen LogP contribution in [0.15, 0.2) is 54.6 Å². The largest absolute Gasteiger partial charge is 0.508 e. The molecule has 0 aliphatic rings. The van der Waals surface area contributed by atoms with Crippen molar-refractivity contribution in [2.75, 3.05) is 13.1 Å². The molecule has 0 saturated heterocycles. The predicted octanol–water partition coefficient (Wildman–Crippen LogP) is 6.31. The molecule has 0 fully saturated rings. The number of aryl methyl sites for hydroxylation is 1. The van der Waals surface area contributed by atoms with Gasteiger partial charge in [0.15, 0.2) is 0 Å². The molecular weight excluding hydrogens is 501 g/mol. The molecule has 3 atom stereocenters. The lowest BCUT2D eigenvalue weighted by molar-refractivity contribution is 0.362.